The maximum atomic E-state index is 13.3. The second-order valence-electron chi connectivity index (χ2n) is 13.7. The molecule has 1 saturated heterocycles. The predicted octanol–water partition coefficient (Wildman–Crippen LogP) is 6.86. The van der Waals surface area contributed by atoms with Crippen LogP contribution in [0.4, 0.5) is 0 Å². The third-order valence-electron chi connectivity index (χ3n) is 9.50. The molecule has 288 valence electrons. The van der Waals surface area contributed by atoms with Crippen LogP contribution >= 0.6 is 8.53 Å². The first kappa shape index (κ1) is 40.8. The van der Waals surface area contributed by atoms with E-state index in [1.807, 2.05) is 78.9 Å². The molecule has 0 saturated carbocycles. The van der Waals surface area contributed by atoms with E-state index in [0.29, 0.717) is 12.0 Å². The van der Waals surface area contributed by atoms with E-state index >= 15 is 0 Å². The van der Waals surface area contributed by atoms with Gasteiger partial charge in [-0.2, -0.15) is 5.26 Å². The molecule has 1 aliphatic heterocycles. The topological polar surface area (TPSA) is 137 Å². The van der Waals surface area contributed by atoms with Gasteiger partial charge in [-0.25, -0.2) is 9.46 Å². The summed E-state index contributed by atoms with van der Waals surface area (Å²) < 4.78 is 41.5. The van der Waals surface area contributed by atoms with Crippen molar-refractivity contribution in [3.63, 3.8) is 0 Å². The maximum Gasteiger partial charge on any atom is 0.328 e. The first-order valence-electron chi connectivity index (χ1n) is 18.2. The summed E-state index contributed by atoms with van der Waals surface area (Å²) in [4.78, 5) is 28.1. The largest absolute Gasteiger partial charge is 0.497 e. The molecule has 5 rings (SSSR count). The lowest BCUT2D eigenvalue weighted by Crippen LogP contribution is -2.41. The zero-order valence-corrected chi connectivity index (χ0v) is 33.0. The van der Waals surface area contributed by atoms with Crippen molar-refractivity contribution in [3.05, 3.63) is 128 Å². The summed E-state index contributed by atoms with van der Waals surface area (Å²) in [7, 11) is 1.57. The molecule has 4 atom stereocenters. The number of rotatable bonds is 18. The molecule has 1 unspecified atom stereocenters. The first-order valence-corrected chi connectivity index (χ1v) is 19.3. The van der Waals surface area contributed by atoms with Gasteiger partial charge in [0.15, 0.2) is 0 Å². The Morgan fingerprint density at radius 2 is 1.48 bits per heavy atom. The van der Waals surface area contributed by atoms with Gasteiger partial charge in [-0.05, 0) is 82.0 Å². The lowest BCUT2D eigenvalue weighted by molar-refractivity contribution is -0.0263. The zero-order valence-electron chi connectivity index (χ0n) is 32.1. The van der Waals surface area contributed by atoms with Crippen molar-refractivity contribution in [1.82, 2.24) is 14.2 Å². The first-order chi connectivity index (χ1) is 26.0. The second-order valence-corrected chi connectivity index (χ2v) is 15.1. The molecule has 0 spiro atoms. The quantitative estimate of drug-likeness (QED) is 0.0651. The summed E-state index contributed by atoms with van der Waals surface area (Å²) >= 11 is 0. The number of aromatic nitrogens is 2. The highest BCUT2D eigenvalue weighted by Gasteiger charge is 2.45. The fourth-order valence-corrected chi connectivity index (χ4v) is 8.71. The Balaban J connectivity index is 1.54. The summed E-state index contributed by atoms with van der Waals surface area (Å²) in [5.41, 5.74) is 1.07. The molecule has 1 aliphatic rings. The van der Waals surface area contributed by atoms with Gasteiger partial charge in [0.05, 0.1) is 58.7 Å². The molecular formula is C41H51N4O8P. The summed E-state index contributed by atoms with van der Waals surface area (Å²) in [6, 6.07) is 27.4. The molecule has 54 heavy (non-hydrogen) atoms. The van der Waals surface area contributed by atoms with E-state index in [2.05, 4.69) is 43.4 Å². The minimum atomic E-state index is -1.70. The lowest BCUT2D eigenvalue weighted by atomic mass is 9.80. The third-order valence-corrected chi connectivity index (χ3v) is 11.6. The highest BCUT2D eigenvalue weighted by Crippen LogP contribution is 2.50. The summed E-state index contributed by atoms with van der Waals surface area (Å²) in [5.74, 6) is 1.44. The van der Waals surface area contributed by atoms with Gasteiger partial charge >= 0.3 is 5.69 Å². The molecule has 3 aromatic carbocycles. The van der Waals surface area contributed by atoms with Crippen molar-refractivity contribution >= 4 is 8.53 Å². The number of hydrogen-bond donors (Lipinski definition) is 1. The van der Waals surface area contributed by atoms with Crippen LogP contribution in [0.1, 0.15) is 68.8 Å². The molecule has 1 N–H and O–H groups in total. The van der Waals surface area contributed by atoms with Crippen molar-refractivity contribution < 1.29 is 28.0 Å². The molecule has 4 aromatic rings. The number of H-pyrrole nitrogens is 1. The normalized spacial score (nSPS) is 17.9. The molecule has 12 nitrogen and oxygen atoms in total. The molecule has 1 aromatic heterocycles. The van der Waals surface area contributed by atoms with Crippen LogP contribution < -0.4 is 20.7 Å². The lowest BCUT2D eigenvalue weighted by Gasteiger charge is -2.39. The van der Waals surface area contributed by atoms with E-state index in [1.165, 1.54) is 4.57 Å². The number of hydrogen-bond acceptors (Lipinski definition) is 10. The molecule has 0 bridgehead atoms. The Morgan fingerprint density at radius 1 is 0.907 bits per heavy atom. The number of methoxy groups -OCH3 is 2. The van der Waals surface area contributed by atoms with Gasteiger partial charge in [0.1, 0.15) is 23.2 Å². The Bertz CT molecular complexity index is 1890. The Labute approximate surface area is 318 Å². The predicted molar refractivity (Wildman–Crippen MR) is 208 cm³/mol. The van der Waals surface area contributed by atoms with Crippen molar-refractivity contribution in [2.24, 2.45) is 0 Å². The van der Waals surface area contributed by atoms with E-state index in [0.717, 1.165) is 28.2 Å². The summed E-state index contributed by atoms with van der Waals surface area (Å²) in [5, 5.41) is 9.30. The van der Waals surface area contributed by atoms with Crippen molar-refractivity contribution in [3.8, 4) is 17.6 Å². The van der Waals surface area contributed by atoms with Gasteiger partial charge < -0.3 is 28.0 Å². The number of aromatic amines is 1. The van der Waals surface area contributed by atoms with Crippen LogP contribution in [0.2, 0.25) is 0 Å². The van der Waals surface area contributed by atoms with Crippen molar-refractivity contribution in [2.75, 3.05) is 34.0 Å². The van der Waals surface area contributed by atoms with Crippen LogP contribution in [0.15, 0.2) is 94.6 Å². The van der Waals surface area contributed by atoms with Gasteiger partial charge in [0.2, 0.25) is 0 Å². The molecule has 0 radical (unpaired) electrons. The standard InChI is InChI=1S/C41H51N4O8P/c1-28(2)45(29(3)4)54(52-24-11-23-42)53-38-36(44-26-30(5)39(46)43-40(44)47)27-50-37(38)22-25-51-41(31-12-9-8-10-13-31,32-14-18-34(48-6)19-15-32)33-16-20-35(49-7)21-17-33/h8-10,12-21,26,28-29,36-38H,11,22,24-25,27H2,1-7H3,(H,43,46,47)/t36-,37-,38+,54?/m1/s1. The van der Waals surface area contributed by atoms with E-state index < -0.39 is 43.6 Å². The molecule has 0 amide bonds. The minimum absolute atomic E-state index is 0.0549. The molecule has 1 fully saturated rings. The number of nitrogens with zero attached hydrogens (tertiary/aromatic N) is 3. The average Bonchev–Trinajstić information content (AvgIpc) is 3.56. The molecule has 13 heteroatoms. The maximum absolute atomic E-state index is 13.3. The van der Waals surface area contributed by atoms with E-state index in [1.54, 1.807) is 27.3 Å². The molecule has 0 aliphatic carbocycles. The van der Waals surface area contributed by atoms with Crippen molar-refractivity contribution in [2.45, 2.75) is 83.4 Å². The number of benzene rings is 3. The number of nitriles is 1. The fraction of sp³-hybridized carbons (Fsp3) is 0.439. The Kier molecular flexibility index (Phi) is 14.2. The van der Waals surface area contributed by atoms with E-state index in [-0.39, 0.29) is 38.3 Å². The number of aryl methyl sites for hydroxylation is 1. The Hall–Kier alpha value is -4.34. The zero-order chi connectivity index (χ0) is 38.8. The van der Waals surface area contributed by atoms with Gasteiger partial charge in [-0.1, -0.05) is 54.6 Å². The Morgan fingerprint density at radius 3 is 2.02 bits per heavy atom. The highest BCUT2D eigenvalue weighted by molar-refractivity contribution is 7.44. The second kappa shape index (κ2) is 18.8. The van der Waals surface area contributed by atoms with Crippen LogP contribution in [0.3, 0.4) is 0 Å². The van der Waals surface area contributed by atoms with Gasteiger partial charge in [0.25, 0.3) is 14.1 Å². The monoisotopic (exact) mass is 758 g/mol. The van der Waals surface area contributed by atoms with E-state index in [9.17, 15) is 14.9 Å². The van der Waals surface area contributed by atoms with Gasteiger partial charge in [-0.15, -0.1) is 0 Å². The number of nitrogens with one attached hydrogen (secondary N) is 1. The highest BCUT2D eigenvalue weighted by atomic mass is 31.2. The third kappa shape index (κ3) is 9.12. The van der Waals surface area contributed by atoms with Crippen molar-refractivity contribution in [1.29, 1.82) is 5.26 Å². The SMILES string of the molecule is COc1ccc(C(OCC[C@H]2OC[C@@H](n3cc(C)c(=O)[nH]c3=O)[C@@H]2OP(OCCC#N)N(C(C)C)C(C)C)(c2ccccc2)c2ccc(OC)cc2)cc1. The molecule has 2 heterocycles. The van der Waals surface area contributed by atoms with Crippen LogP contribution in [0.25, 0.3) is 0 Å². The fourth-order valence-electron chi connectivity index (χ4n) is 6.92. The van der Waals surface area contributed by atoms with Gasteiger partial charge in [-0.3, -0.25) is 14.3 Å². The average molecular weight is 759 g/mol. The smallest absolute Gasteiger partial charge is 0.328 e. The van der Waals surface area contributed by atoms with Crippen LogP contribution in [-0.4, -0.2) is 72.6 Å². The van der Waals surface area contributed by atoms with Crippen LogP contribution in [0, 0.1) is 18.3 Å². The van der Waals surface area contributed by atoms with Crippen LogP contribution in [0.5, 0.6) is 11.5 Å². The van der Waals surface area contributed by atoms with E-state index in [4.69, 9.17) is 28.0 Å². The van der Waals surface area contributed by atoms with Gasteiger partial charge in [0, 0.05) is 23.8 Å². The van der Waals surface area contributed by atoms with Crippen LogP contribution in [-0.2, 0) is 24.1 Å². The minimum Gasteiger partial charge on any atom is -0.497 e. The summed E-state index contributed by atoms with van der Waals surface area (Å²) in [6.45, 7) is 10.5. The molecular weight excluding hydrogens is 707 g/mol. The summed E-state index contributed by atoms with van der Waals surface area (Å²) in [6.07, 6.45) is 0.951. The number of ether oxygens (including phenoxy) is 4.